The number of hydrogen-bond acceptors (Lipinski definition) is 5. The summed E-state index contributed by atoms with van der Waals surface area (Å²) in [5.41, 5.74) is 9.89. The molecule has 0 atom stereocenters. The van der Waals surface area contributed by atoms with E-state index in [2.05, 4.69) is 25.6 Å². The van der Waals surface area contributed by atoms with Crippen LogP contribution in [0.4, 0.5) is 11.6 Å². The molecule has 172 valence electrons. The summed E-state index contributed by atoms with van der Waals surface area (Å²) in [5.74, 6) is -0.287. The summed E-state index contributed by atoms with van der Waals surface area (Å²) >= 11 is 0. The van der Waals surface area contributed by atoms with E-state index >= 15 is 0 Å². The lowest BCUT2D eigenvalue weighted by Crippen LogP contribution is -2.36. The van der Waals surface area contributed by atoms with Gasteiger partial charge in [-0.25, -0.2) is 9.97 Å². The van der Waals surface area contributed by atoms with Crippen molar-refractivity contribution in [2.24, 2.45) is 0 Å². The molecule has 5 rings (SSSR count). The van der Waals surface area contributed by atoms with Crippen molar-refractivity contribution in [1.82, 2.24) is 20.3 Å². The Balaban J connectivity index is 1.35. The predicted molar refractivity (Wildman–Crippen MR) is 132 cm³/mol. The molecule has 8 nitrogen and oxygen atoms in total. The van der Waals surface area contributed by atoms with Gasteiger partial charge in [0.1, 0.15) is 11.2 Å². The van der Waals surface area contributed by atoms with Crippen molar-refractivity contribution in [3.8, 4) is 11.3 Å². The molecule has 0 bridgehead atoms. The number of hydrogen-bond donors (Lipinski definition) is 4. The van der Waals surface area contributed by atoms with Crippen LogP contribution in [0.2, 0.25) is 0 Å². The summed E-state index contributed by atoms with van der Waals surface area (Å²) in [6.07, 6.45) is 5.51. The van der Waals surface area contributed by atoms with Gasteiger partial charge in [-0.05, 0) is 49.2 Å². The summed E-state index contributed by atoms with van der Waals surface area (Å²) in [7, 11) is 0. The number of para-hydroxylation sites is 1. The van der Waals surface area contributed by atoms with E-state index in [0.29, 0.717) is 28.0 Å². The van der Waals surface area contributed by atoms with Crippen molar-refractivity contribution in [2.75, 3.05) is 11.1 Å². The van der Waals surface area contributed by atoms with Gasteiger partial charge in [0, 0.05) is 17.3 Å². The average Bonchev–Trinajstić information content (AvgIpc) is 3.27. The molecule has 1 saturated carbocycles. The minimum absolute atomic E-state index is 0.140. The van der Waals surface area contributed by atoms with Crippen molar-refractivity contribution >= 4 is 34.5 Å². The number of fused-ring (bicyclic) bond motifs is 1. The van der Waals surface area contributed by atoms with Gasteiger partial charge in [-0.1, -0.05) is 43.5 Å². The molecule has 0 aliphatic heterocycles. The maximum Gasteiger partial charge on any atom is 0.276 e. The molecule has 4 aromatic rings. The van der Waals surface area contributed by atoms with Crippen LogP contribution in [0, 0.1) is 0 Å². The molecule has 0 saturated heterocycles. The molecule has 2 heterocycles. The zero-order chi connectivity index (χ0) is 23.5. The topological polar surface area (TPSA) is 126 Å². The Hall–Kier alpha value is -4.20. The fraction of sp³-hybridized carbons (Fsp3) is 0.231. The molecule has 2 aromatic carbocycles. The fourth-order valence-corrected chi connectivity index (χ4v) is 4.38. The monoisotopic (exact) mass is 454 g/mol. The Morgan fingerprint density at radius 1 is 0.912 bits per heavy atom. The lowest BCUT2D eigenvalue weighted by atomic mass is 9.95. The van der Waals surface area contributed by atoms with Crippen LogP contribution in [0.15, 0.2) is 60.7 Å². The second kappa shape index (κ2) is 9.35. The number of rotatable bonds is 5. The maximum atomic E-state index is 12.9. The summed E-state index contributed by atoms with van der Waals surface area (Å²) in [6, 6.07) is 18.2. The number of anilines is 2. The van der Waals surface area contributed by atoms with Crippen LogP contribution < -0.4 is 16.4 Å². The number of amides is 2. The van der Waals surface area contributed by atoms with Crippen molar-refractivity contribution in [2.45, 2.75) is 38.1 Å². The maximum absolute atomic E-state index is 12.9. The second-order valence-corrected chi connectivity index (χ2v) is 8.58. The molecule has 2 aromatic heterocycles. The Morgan fingerprint density at radius 2 is 1.71 bits per heavy atom. The lowest BCUT2D eigenvalue weighted by molar-refractivity contribution is 0.0928. The highest BCUT2D eigenvalue weighted by Gasteiger charge is 2.20. The number of benzene rings is 2. The predicted octanol–water partition coefficient (Wildman–Crippen LogP) is 4.52. The number of aromatic amines is 1. The number of H-pyrrole nitrogens is 1. The number of nitrogen functional groups attached to an aromatic ring is 1. The fourth-order valence-electron chi connectivity index (χ4n) is 4.38. The quantitative estimate of drug-likeness (QED) is 0.330. The van der Waals surface area contributed by atoms with Gasteiger partial charge < -0.3 is 16.0 Å². The number of imidazole rings is 1. The Morgan fingerprint density at radius 3 is 2.53 bits per heavy atom. The van der Waals surface area contributed by atoms with Crippen molar-refractivity contribution in [3.05, 3.63) is 71.9 Å². The van der Waals surface area contributed by atoms with Gasteiger partial charge >= 0.3 is 0 Å². The number of nitrogens with one attached hydrogen (secondary N) is 3. The molecule has 34 heavy (non-hydrogen) atoms. The Kier molecular flexibility index (Phi) is 5.95. The highest BCUT2D eigenvalue weighted by molar-refractivity contribution is 6.07. The van der Waals surface area contributed by atoms with Crippen molar-refractivity contribution in [1.29, 1.82) is 0 Å². The van der Waals surface area contributed by atoms with Crippen LogP contribution in [0.5, 0.6) is 0 Å². The number of nitrogens with zero attached hydrogens (tertiary/aromatic N) is 2. The zero-order valence-corrected chi connectivity index (χ0v) is 18.7. The zero-order valence-electron chi connectivity index (χ0n) is 18.7. The van der Waals surface area contributed by atoms with Gasteiger partial charge in [-0.3, -0.25) is 14.9 Å². The third kappa shape index (κ3) is 4.61. The molecule has 0 unspecified atom stereocenters. The summed E-state index contributed by atoms with van der Waals surface area (Å²) in [6.45, 7) is 0. The van der Waals surface area contributed by atoms with E-state index in [1.165, 1.54) is 6.42 Å². The van der Waals surface area contributed by atoms with Gasteiger partial charge in [0.15, 0.2) is 0 Å². The number of aromatic nitrogens is 3. The number of carbonyl (C=O) groups is 2. The van der Waals surface area contributed by atoms with Gasteiger partial charge in [0.25, 0.3) is 11.8 Å². The normalized spacial score (nSPS) is 14.1. The largest absolute Gasteiger partial charge is 0.399 e. The number of carbonyl (C=O) groups excluding carboxylic acids is 2. The van der Waals surface area contributed by atoms with Gasteiger partial charge in [-0.15, -0.1) is 0 Å². The van der Waals surface area contributed by atoms with Gasteiger partial charge in [0.05, 0.1) is 16.8 Å². The molecule has 1 fully saturated rings. The molecule has 1 aliphatic carbocycles. The summed E-state index contributed by atoms with van der Waals surface area (Å²) in [4.78, 5) is 37.8. The highest BCUT2D eigenvalue weighted by atomic mass is 16.2. The van der Waals surface area contributed by atoms with E-state index in [0.717, 1.165) is 31.2 Å². The molecular weight excluding hydrogens is 428 g/mol. The van der Waals surface area contributed by atoms with E-state index in [4.69, 9.17) is 5.73 Å². The smallest absolute Gasteiger partial charge is 0.276 e. The first-order valence-corrected chi connectivity index (χ1v) is 11.5. The van der Waals surface area contributed by atoms with E-state index < -0.39 is 5.91 Å². The summed E-state index contributed by atoms with van der Waals surface area (Å²) in [5, 5.41) is 5.89. The number of nitrogens with two attached hydrogens (primary N) is 1. The van der Waals surface area contributed by atoms with Gasteiger partial charge in [-0.2, -0.15) is 0 Å². The average molecular weight is 455 g/mol. The first-order valence-electron chi connectivity index (χ1n) is 11.5. The molecule has 5 N–H and O–H groups in total. The minimum atomic E-state index is -0.405. The third-order valence-corrected chi connectivity index (χ3v) is 6.09. The van der Waals surface area contributed by atoms with Crippen LogP contribution in [0.25, 0.3) is 22.3 Å². The molecule has 8 heteroatoms. The molecule has 1 aliphatic rings. The third-order valence-electron chi connectivity index (χ3n) is 6.09. The van der Waals surface area contributed by atoms with Crippen molar-refractivity contribution in [3.63, 3.8) is 0 Å². The Labute approximate surface area is 197 Å². The van der Waals surface area contributed by atoms with Crippen LogP contribution in [0.1, 0.15) is 53.0 Å². The van der Waals surface area contributed by atoms with E-state index in [-0.39, 0.29) is 23.6 Å². The molecule has 0 radical (unpaired) electrons. The Bertz CT molecular complexity index is 1360. The first kappa shape index (κ1) is 21.6. The standard InChI is InChI=1S/C26H26N6O2/c27-17-8-4-7-16(15-17)20-12-6-14-22(29-20)25(34)32-26-30-21-13-5-11-19(23(21)31-26)24(33)28-18-9-2-1-3-10-18/h4-8,11-15,18H,1-3,9-10,27H2,(H,28,33)(H2,30,31,32,34). The molecular formula is C26H26N6O2. The van der Waals surface area contributed by atoms with E-state index in [9.17, 15) is 9.59 Å². The molecule has 0 spiro atoms. The van der Waals surface area contributed by atoms with E-state index in [1.54, 1.807) is 30.3 Å². The molecule has 2 amide bonds. The van der Waals surface area contributed by atoms with Crippen LogP contribution in [-0.2, 0) is 0 Å². The van der Waals surface area contributed by atoms with Gasteiger partial charge in [0.2, 0.25) is 5.95 Å². The minimum Gasteiger partial charge on any atom is -0.399 e. The van der Waals surface area contributed by atoms with Crippen LogP contribution in [-0.4, -0.2) is 32.8 Å². The second-order valence-electron chi connectivity index (χ2n) is 8.58. The number of pyridine rings is 1. The van der Waals surface area contributed by atoms with Crippen molar-refractivity contribution < 1.29 is 9.59 Å². The van der Waals surface area contributed by atoms with Crippen LogP contribution in [0.3, 0.4) is 0 Å². The summed E-state index contributed by atoms with van der Waals surface area (Å²) < 4.78 is 0. The highest BCUT2D eigenvalue weighted by Crippen LogP contribution is 2.23. The lowest BCUT2D eigenvalue weighted by Gasteiger charge is -2.22. The first-order chi connectivity index (χ1) is 16.6. The van der Waals surface area contributed by atoms with Crippen LogP contribution >= 0.6 is 0 Å². The van der Waals surface area contributed by atoms with E-state index in [1.807, 2.05) is 30.3 Å². The SMILES string of the molecule is Nc1cccc(-c2cccc(C(=O)Nc3nc4c(C(=O)NC5CCCCC5)cccc4[nH]3)n2)c1.